The molecule has 7 heteroatoms. The highest BCUT2D eigenvalue weighted by Gasteiger charge is 2.09. The molecular weight excluding hydrogens is 360 g/mol. The Morgan fingerprint density at radius 3 is 2.56 bits per heavy atom. The van der Waals surface area contributed by atoms with Crippen LogP contribution in [0.1, 0.15) is 22.4 Å². The van der Waals surface area contributed by atoms with Gasteiger partial charge < -0.3 is 5.32 Å². The number of thioether (sulfide) groups is 1. The molecule has 0 bridgehead atoms. The van der Waals surface area contributed by atoms with Crippen LogP contribution >= 0.6 is 11.8 Å². The van der Waals surface area contributed by atoms with Crippen LogP contribution in [0.2, 0.25) is 0 Å². The van der Waals surface area contributed by atoms with Crippen molar-refractivity contribution in [1.82, 2.24) is 15.2 Å². The second-order valence-corrected chi connectivity index (χ2v) is 7.17. The molecule has 0 atom stereocenters. The Balaban J connectivity index is 1.57. The molecule has 0 aliphatic carbocycles. The molecule has 0 saturated heterocycles. The first-order valence-electron chi connectivity index (χ1n) is 8.51. The number of aromatic amines is 1. The van der Waals surface area contributed by atoms with Gasteiger partial charge in [-0.15, -0.1) is 10.2 Å². The number of hydrogen-bond donors (Lipinski definition) is 2. The van der Waals surface area contributed by atoms with E-state index in [-0.39, 0.29) is 17.2 Å². The Morgan fingerprint density at radius 1 is 1.07 bits per heavy atom. The summed E-state index contributed by atoms with van der Waals surface area (Å²) in [6.07, 6.45) is 0.418. The molecule has 2 aromatic carbocycles. The van der Waals surface area contributed by atoms with Gasteiger partial charge >= 0.3 is 0 Å². The zero-order valence-electron chi connectivity index (χ0n) is 15.2. The van der Waals surface area contributed by atoms with Crippen molar-refractivity contribution in [3.63, 3.8) is 0 Å². The topological polar surface area (TPSA) is 87.7 Å². The number of aromatic nitrogens is 3. The number of H-pyrrole nitrogens is 1. The van der Waals surface area contributed by atoms with Crippen LogP contribution in [0.5, 0.6) is 0 Å². The number of carbonyl (C=O) groups is 1. The molecule has 0 saturated carbocycles. The molecule has 0 spiro atoms. The Kier molecular flexibility index (Phi) is 6.03. The van der Waals surface area contributed by atoms with Crippen molar-refractivity contribution in [3.05, 3.63) is 81.3 Å². The van der Waals surface area contributed by atoms with E-state index in [4.69, 9.17) is 0 Å². The third-order valence-corrected chi connectivity index (χ3v) is 4.95. The fourth-order valence-corrected chi connectivity index (χ4v) is 3.07. The van der Waals surface area contributed by atoms with Crippen molar-refractivity contribution in [2.45, 2.75) is 25.4 Å². The van der Waals surface area contributed by atoms with Crippen molar-refractivity contribution >= 4 is 23.4 Å². The van der Waals surface area contributed by atoms with Gasteiger partial charge in [0.1, 0.15) is 5.69 Å². The summed E-state index contributed by atoms with van der Waals surface area (Å²) in [5.74, 6) is -0.0328. The summed E-state index contributed by atoms with van der Waals surface area (Å²) >= 11 is 1.14. The van der Waals surface area contributed by atoms with E-state index < -0.39 is 0 Å². The number of carbonyl (C=O) groups excluding carboxylic acids is 1. The smallest absolute Gasteiger partial charge is 0.273 e. The van der Waals surface area contributed by atoms with Crippen molar-refractivity contribution in [2.24, 2.45) is 0 Å². The highest BCUT2D eigenvalue weighted by Crippen LogP contribution is 2.16. The summed E-state index contributed by atoms with van der Waals surface area (Å²) in [6.45, 7) is 4.02. The van der Waals surface area contributed by atoms with Gasteiger partial charge in [0, 0.05) is 12.1 Å². The Bertz CT molecular complexity index is 1000. The second kappa shape index (κ2) is 8.64. The maximum Gasteiger partial charge on any atom is 0.273 e. The first-order chi connectivity index (χ1) is 13.0. The lowest BCUT2D eigenvalue weighted by Gasteiger charge is -2.07. The van der Waals surface area contributed by atoms with Crippen molar-refractivity contribution in [2.75, 3.05) is 11.1 Å². The monoisotopic (exact) mass is 380 g/mol. The van der Waals surface area contributed by atoms with Gasteiger partial charge in [0.05, 0.1) is 5.75 Å². The van der Waals surface area contributed by atoms with Gasteiger partial charge in [0.25, 0.3) is 5.56 Å². The number of benzene rings is 2. The van der Waals surface area contributed by atoms with Crippen molar-refractivity contribution in [1.29, 1.82) is 0 Å². The number of aryl methyl sites for hydroxylation is 2. The van der Waals surface area contributed by atoms with E-state index in [1.165, 1.54) is 5.56 Å². The van der Waals surface area contributed by atoms with E-state index in [0.29, 0.717) is 17.3 Å². The third kappa shape index (κ3) is 5.27. The average Bonchev–Trinajstić information content (AvgIpc) is 2.66. The van der Waals surface area contributed by atoms with Crippen molar-refractivity contribution < 1.29 is 4.79 Å². The van der Waals surface area contributed by atoms with Crippen LogP contribution in [0, 0.1) is 13.8 Å². The Hall–Kier alpha value is -2.93. The van der Waals surface area contributed by atoms with Crippen LogP contribution in [0.4, 0.5) is 5.69 Å². The number of nitrogens with zero attached hydrogens (tertiary/aromatic N) is 2. The summed E-state index contributed by atoms with van der Waals surface area (Å²) in [6, 6.07) is 15.4. The average molecular weight is 380 g/mol. The van der Waals surface area contributed by atoms with Crippen molar-refractivity contribution in [3.8, 4) is 0 Å². The van der Waals surface area contributed by atoms with E-state index in [0.717, 1.165) is 28.6 Å². The summed E-state index contributed by atoms with van der Waals surface area (Å²) < 4.78 is 0. The molecule has 2 N–H and O–H groups in total. The largest absolute Gasteiger partial charge is 0.325 e. The normalized spacial score (nSPS) is 10.6. The molecule has 0 fully saturated rings. The van der Waals surface area contributed by atoms with Crippen LogP contribution in [0.15, 0.2) is 58.5 Å². The molecule has 0 aliphatic heterocycles. The van der Waals surface area contributed by atoms with Crippen LogP contribution in [0.25, 0.3) is 0 Å². The van der Waals surface area contributed by atoms with Crippen LogP contribution in [-0.2, 0) is 11.2 Å². The van der Waals surface area contributed by atoms with E-state index >= 15 is 0 Å². The summed E-state index contributed by atoms with van der Waals surface area (Å²) in [5, 5.41) is 11.2. The molecular formula is C20H20N4O2S. The minimum atomic E-state index is -0.286. The van der Waals surface area contributed by atoms with Gasteiger partial charge in [-0.25, -0.2) is 0 Å². The second-order valence-electron chi connectivity index (χ2n) is 6.20. The van der Waals surface area contributed by atoms with E-state index in [2.05, 4.69) is 20.5 Å². The van der Waals surface area contributed by atoms with Crippen LogP contribution in [-0.4, -0.2) is 26.8 Å². The van der Waals surface area contributed by atoms with Crippen LogP contribution < -0.4 is 10.9 Å². The molecule has 138 valence electrons. The quantitative estimate of drug-likeness (QED) is 0.642. The standard InChI is InChI=1S/C20H20N4O2S/c1-13-8-9-16(10-14(13)2)21-18(25)12-27-20-22-19(26)17(23-24-20)11-15-6-4-3-5-7-15/h3-10H,11-12H2,1-2H3,(H,21,25)(H,22,24,26). The first-order valence-corrected chi connectivity index (χ1v) is 9.49. The fraction of sp³-hybridized carbons (Fsp3) is 0.200. The van der Waals surface area contributed by atoms with E-state index in [1.807, 2.05) is 62.4 Å². The molecule has 0 radical (unpaired) electrons. The number of hydrogen-bond acceptors (Lipinski definition) is 5. The van der Waals surface area contributed by atoms with Gasteiger partial charge in [-0.2, -0.15) is 0 Å². The molecule has 27 heavy (non-hydrogen) atoms. The molecule has 0 unspecified atom stereocenters. The van der Waals surface area contributed by atoms with Gasteiger partial charge in [-0.1, -0.05) is 48.2 Å². The molecule has 1 amide bonds. The Morgan fingerprint density at radius 2 is 1.85 bits per heavy atom. The molecule has 6 nitrogen and oxygen atoms in total. The highest BCUT2D eigenvalue weighted by molar-refractivity contribution is 7.99. The lowest BCUT2D eigenvalue weighted by Crippen LogP contribution is -2.19. The van der Waals surface area contributed by atoms with Gasteiger partial charge in [-0.05, 0) is 42.7 Å². The van der Waals surface area contributed by atoms with Crippen LogP contribution in [0.3, 0.4) is 0 Å². The predicted octanol–water partition coefficient (Wildman–Crippen LogP) is 3.10. The number of anilines is 1. The predicted molar refractivity (Wildman–Crippen MR) is 107 cm³/mol. The zero-order chi connectivity index (χ0) is 19.2. The lowest BCUT2D eigenvalue weighted by molar-refractivity contribution is -0.113. The van der Waals surface area contributed by atoms with Gasteiger partial charge in [-0.3, -0.25) is 14.6 Å². The summed E-state index contributed by atoms with van der Waals surface area (Å²) in [5.41, 5.74) is 4.10. The maximum atomic E-state index is 12.2. The Labute approximate surface area is 161 Å². The van der Waals surface area contributed by atoms with E-state index in [1.54, 1.807) is 0 Å². The summed E-state index contributed by atoms with van der Waals surface area (Å²) in [7, 11) is 0. The van der Waals surface area contributed by atoms with Gasteiger partial charge in [0.2, 0.25) is 5.91 Å². The van der Waals surface area contributed by atoms with E-state index in [9.17, 15) is 9.59 Å². The minimum Gasteiger partial charge on any atom is -0.325 e. The minimum absolute atomic E-state index is 0.134. The third-order valence-electron chi connectivity index (χ3n) is 4.09. The zero-order valence-corrected chi connectivity index (χ0v) is 16.0. The number of amides is 1. The SMILES string of the molecule is Cc1ccc(NC(=O)CSc2nnc(Cc3ccccc3)c(=O)[nH]2)cc1C. The lowest BCUT2D eigenvalue weighted by atomic mass is 10.1. The highest BCUT2D eigenvalue weighted by atomic mass is 32.2. The number of rotatable bonds is 6. The molecule has 0 aliphatic rings. The fourth-order valence-electron chi connectivity index (χ4n) is 2.47. The molecule has 1 aromatic heterocycles. The first kappa shape index (κ1) is 18.8. The number of nitrogens with one attached hydrogen (secondary N) is 2. The molecule has 3 rings (SSSR count). The van der Waals surface area contributed by atoms with Gasteiger partial charge in [0.15, 0.2) is 5.16 Å². The molecule has 3 aromatic rings. The maximum absolute atomic E-state index is 12.2. The summed E-state index contributed by atoms with van der Waals surface area (Å²) in [4.78, 5) is 27.0. The molecule has 1 heterocycles.